The third-order valence-electron chi connectivity index (χ3n) is 15.8. The van der Waals surface area contributed by atoms with E-state index in [2.05, 4.69) is 19.2 Å². The molecule has 0 aromatic rings. The van der Waals surface area contributed by atoms with Crippen LogP contribution in [0.15, 0.2) is 12.2 Å². The maximum atomic E-state index is 12.4. The first-order valence-electron chi connectivity index (χ1n) is 33.5. The van der Waals surface area contributed by atoms with E-state index in [0.29, 0.717) is 19.4 Å². The van der Waals surface area contributed by atoms with E-state index >= 15 is 0 Å². The van der Waals surface area contributed by atoms with Gasteiger partial charge in [-0.3, -0.25) is 9.59 Å². The Morgan fingerprint density at radius 1 is 0.370 bits per heavy atom. The number of ether oxygens (including phenoxy) is 1. The number of carbonyl (C=O) groups excluding carboxylic acids is 2. The summed E-state index contributed by atoms with van der Waals surface area (Å²) in [6, 6.07) is -0.622. The Balaban J connectivity index is 3.29. The molecule has 0 radical (unpaired) electrons. The second kappa shape index (κ2) is 63.1. The summed E-state index contributed by atoms with van der Waals surface area (Å²) in [5, 5.41) is 23.0. The van der Waals surface area contributed by atoms with Crippen LogP contribution in [0.1, 0.15) is 380 Å². The van der Waals surface area contributed by atoms with Gasteiger partial charge in [-0.1, -0.05) is 347 Å². The van der Waals surface area contributed by atoms with Crippen molar-refractivity contribution in [2.24, 2.45) is 0 Å². The van der Waals surface area contributed by atoms with Gasteiger partial charge in [0.25, 0.3) is 0 Å². The minimum atomic E-state index is -0.838. The predicted molar refractivity (Wildman–Crippen MR) is 320 cm³/mol. The number of aliphatic hydroxyl groups excluding tert-OH is 2. The number of carbonyl (C=O) groups is 2. The summed E-state index contributed by atoms with van der Waals surface area (Å²) in [6.07, 6.45) is 77.2. The van der Waals surface area contributed by atoms with Crippen molar-refractivity contribution < 1.29 is 24.5 Å². The van der Waals surface area contributed by atoms with E-state index in [1.54, 1.807) is 6.08 Å². The Hall–Kier alpha value is -1.40. The minimum absolute atomic E-state index is 0.0239. The molecule has 3 N–H and O–H groups in total. The fourth-order valence-corrected chi connectivity index (χ4v) is 10.7. The van der Waals surface area contributed by atoms with Gasteiger partial charge in [0.05, 0.1) is 25.4 Å². The average Bonchev–Trinajstić information content (AvgIpc) is 3.39. The number of amides is 1. The Kier molecular flexibility index (Phi) is 61.9. The van der Waals surface area contributed by atoms with Crippen LogP contribution in [-0.2, 0) is 14.3 Å². The zero-order chi connectivity index (χ0) is 52.9. The van der Waals surface area contributed by atoms with Gasteiger partial charge in [0.1, 0.15) is 0 Å². The predicted octanol–water partition coefficient (Wildman–Crippen LogP) is 21.2. The Bertz CT molecular complexity index is 1100. The van der Waals surface area contributed by atoms with Crippen molar-refractivity contribution in [1.82, 2.24) is 5.32 Å². The van der Waals surface area contributed by atoms with Crippen LogP contribution in [0.2, 0.25) is 0 Å². The molecule has 2 atom stereocenters. The molecule has 1 amide bonds. The van der Waals surface area contributed by atoms with E-state index in [1.807, 2.05) is 6.08 Å². The highest BCUT2D eigenvalue weighted by Crippen LogP contribution is 2.19. The monoisotopic (exact) mass is 1030 g/mol. The number of aliphatic hydroxyl groups is 2. The van der Waals surface area contributed by atoms with Crippen molar-refractivity contribution in [3.63, 3.8) is 0 Å². The lowest BCUT2D eigenvalue weighted by Gasteiger charge is -2.20. The molecule has 0 aromatic carbocycles. The van der Waals surface area contributed by atoms with Gasteiger partial charge in [-0.15, -0.1) is 0 Å². The zero-order valence-corrected chi connectivity index (χ0v) is 49.6. The van der Waals surface area contributed by atoms with Crippen LogP contribution in [0.25, 0.3) is 0 Å². The molecule has 434 valence electrons. The summed E-state index contributed by atoms with van der Waals surface area (Å²) in [5.41, 5.74) is 0. The number of hydrogen-bond donors (Lipinski definition) is 3. The largest absolute Gasteiger partial charge is 0.466 e. The number of allylic oxidation sites excluding steroid dienone is 1. The molecule has 0 aromatic heterocycles. The van der Waals surface area contributed by atoms with Gasteiger partial charge in [0.2, 0.25) is 5.91 Å². The van der Waals surface area contributed by atoms with Crippen LogP contribution in [0, 0.1) is 0 Å². The third kappa shape index (κ3) is 59.7. The van der Waals surface area contributed by atoms with E-state index in [-0.39, 0.29) is 18.5 Å². The Labute approximate surface area is 457 Å². The topological polar surface area (TPSA) is 95.9 Å². The molecule has 0 heterocycles. The second-order valence-electron chi connectivity index (χ2n) is 23.2. The van der Waals surface area contributed by atoms with Gasteiger partial charge < -0.3 is 20.3 Å². The molecular formula is C67H131NO5. The molecular weight excluding hydrogens is 899 g/mol. The molecule has 0 saturated carbocycles. The van der Waals surface area contributed by atoms with Gasteiger partial charge in [0, 0.05) is 12.8 Å². The lowest BCUT2D eigenvalue weighted by molar-refractivity contribution is -0.143. The van der Waals surface area contributed by atoms with Crippen LogP contribution in [0.4, 0.5) is 0 Å². The molecule has 0 aliphatic rings. The molecule has 73 heavy (non-hydrogen) atoms. The molecule has 2 unspecified atom stereocenters. The van der Waals surface area contributed by atoms with Crippen molar-refractivity contribution in [2.75, 3.05) is 13.2 Å². The first kappa shape index (κ1) is 71.6. The van der Waals surface area contributed by atoms with E-state index in [4.69, 9.17) is 4.74 Å². The van der Waals surface area contributed by atoms with Crippen molar-refractivity contribution >= 4 is 11.9 Å². The lowest BCUT2D eigenvalue weighted by Crippen LogP contribution is -2.45. The highest BCUT2D eigenvalue weighted by Gasteiger charge is 2.18. The number of unbranched alkanes of at least 4 members (excludes halogenated alkanes) is 52. The summed E-state index contributed by atoms with van der Waals surface area (Å²) >= 11 is 0. The summed E-state index contributed by atoms with van der Waals surface area (Å²) in [7, 11) is 0. The van der Waals surface area contributed by atoms with E-state index in [0.717, 1.165) is 38.5 Å². The molecule has 6 heteroatoms. The quantitative estimate of drug-likeness (QED) is 0.0320. The molecule has 0 aliphatic heterocycles. The van der Waals surface area contributed by atoms with Crippen molar-refractivity contribution in [2.45, 2.75) is 392 Å². The number of nitrogens with one attached hydrogen (secondary N) is 1. The van der Waals surface area contributed by atoms with Gasteiger partial charge >= 0.3 is 5.97 Å². The average molecular weight is 1030 g/mol. The first-order valence-corrected chi connectivity index (χ1v) is 33.5. The van der Waals surface area contributed by atoms with Crippen LogP contribution < -0.4 is 5.32 Å². The molecule has 0 aliphatic carbocycles. The summed E-state index contributed by atoms with van der Waals surface area (Å²) in [4.78, 5) is 24.5. The smallest absolute Gasteiger partial charge is 0.305 e. The van der Waals surface area contributed by atoms with Gasteiger partial charge in [-0.25, -0.2) is 0 Å². The van der Waals surface area contributed by atoms with Crippen molar-refractivity contribution in [3.05, 3.63) is 12.2 Å². The standard InChI is InChI=1S/C67H131NO5/c1-3-5-7-9-11-13-15-16-34-38-41-45-49-53-57-61-67(72)73-62-58-54-50-46-42-39-36-33-31-29-27-25-23-21-19-17-18-20-22-24-26-28-30-32-35-37-40-44-48-52-56-60-66(71)68-64(63-69)65(70)59-55-51-47-43-14-12-10-8-6-4-2/h55,59,64-65,69-70H,3-54,56-58,60-63H2,1-2H3,(H,68,71)/b59-55+. The van der Waals surface area contributed by atoms with Crippen LogP contribution >= 0.6 is 0 Å². The minimum Gasteiger partial charge on any atom is -0.466 e. The van der Waals surface area contributed by atoms with Crippen molar-refractivity contribution in [3.8, 4) is 0 Å². The Morgan fingerprint density at radius 3 is 0.932 bits per heavy atom. The van der Waals surface area contributed by atoms with Gasteiger partial charge in [-0.05, 0) is 32.1 Å². The highest BCUT2D eigenvalue weighted by molar-refractivity contribution is 5.76. The fourth-order valence-electron chi connectivity index (χ4n) is 10.7. The normalized spacial score (nSPS) is 12.5. The molecule has 0 saturated heterocycles. The van der Waals surface area contributed by atoms with Gasteiger partial charge in [0.15, 0.2) is 0 Å². The van der Waals surface area contributed by atoms with Crippen LogP contribution in [-0.4, -0.2) is 47.4 Å². The summed E-state index contributed by atoms with van der Waals surface area (Å²) in [6.45, 7) is 4.92. The SMILES string of the molecule is CCCCCCCCCC/C=C/C(O)C(CO)NC(=O)CCCCCCCCCCCCCCCCCCCCCCCCCCCCCCCCCOC(=O)CCCCCCCCCCCCCCCCC. The number of esters is 1. The highest BCUT2D eigenvalue weighted by atomic mass is 16.5. The fraction of sp³-hybridized carbons (Fsp3) is 0.940. The second-order valence-corrected chi connectivity index (χ2v) is 23.2. The van der Waals surface area contributed by atoms with E-state index in [1.165, 1.54) is 315 Å². The maximum absolute atomic E-state index is 12.4. The third-order valence-corrected chi connectivity index (χ3v) is 15.8. The first-order chi connectivity index (χ1) is 36.0. The van der Waals surface area contributed by atoms with Crippen molar-refractivity contribution in [1.29, 1.82) is 0 Å². The summed E-state index contributed by atoms with van der Waals surface area (Å²) < 4.78 is 5.50. The molecule has 6 nitrogen and oxygen atoms in total. The number of hydrogen-bond acceptors (Lipinski definition) is 5. The molecule has 0 fully saturated rings. The lowest BCUT2D eigenvalue weighted by atomic mass is 10.0. The van der Waals surface area contributed by atoms with E-state index < -0.39 is 12.1 Å². The molecule has 0 rings (SSSR count). The van der Waals surface area contributed by atoms with Crippen LogP contribution in [0.5, 0.6) is 0 Å². The summed E-state index contributed by atoms with van der Waals surface area (Å²) in [5.74, 6) is -0.0400. The maximum Gasteiger partial charge on any atom is 0.305 e. The Morgan fingerprint density at radius 2 is 0.630 bits per heavy atom. The van der Waals surface area contributed by atoms with Crippen LogP contribution in [0.3, 0.4) is 0 Å². The molecule has 0 spiro atoms. The number of rotatable bonds is 63. The zero-order valence-electron chi connectivity index (χ0n) is 49.6. The van der Waals surface area contributed by atoms with E-state index in [9.17, 15) is 19.8 Å². The van der Waals surface area contributed by atoms with Gasteiger partial charge in [-0.2, -0.15) is 0 Å². The molecule has 0 bridgehead atoms.